The number of benzene rings is 1. The summed E-state index contributed by atoms with van der Waals surface area (Å²) in [4.78, 5) is 11.8. The molecule has 4 N–H and O–H groups in total. The van der Waals surface area contributed by atoms with E-state index < -0.39 is 0 Å². The molecule has 4 nitrogen and oxygen atoms in total. The fraction of sp³-hybridized carbons (Fsp3) is 0.182. The van der Waals surface area contributed by atoms with E-state index in [-0.39, 0.29) is 19.1 Å². The Morgan fingerprint density at radius 1 is 1.50 bits per heavy atom. The van der Waals surface area contributed by atoms with Crippen molar-refractivity contribution >= 4 is 33.0 Å². The first-order chi connectivity index (χ1) is 7.74. The zero-order chi connectivity index (χ0) is 11.5. The minimum Gasteiger partial charge on any atom is -0.398 e. The number of hydrogen-bond acceptors (Lipinski definition) is 4. The van der Waals surface area contributed by atoms with E-state index in [1.807, 2.05) is 12.1 Å². The van der Waals surface area contributed by atoms with Crippen molar-refractivity contribution in [3.05, 3.63) is 29.1 Å². The Balaban J connectivity index is 2.41. The van der Waals surface area contributed by atoms with Gasteiger partial charge in [0.05, 0.1) is 12.2 Å². The number of nitrogens with one attached hydrogen (secondary N) is 1. The normalized spacial score (nSPS) is 10.6. The lowest BCUT2D eigenvalue weighted by Gasteiger charge is -2.03. The van der Waals surface area contributed by atoms with Crippen molar-refractivity contribution in [3.8, 4) is 0 Å². The van der Waals surface area contributed by atoms with Crippen molar-refractivity contribution in [1.82, 2.24) is 5.32 Å². The Labute approximate surface area is 96.7 Å². The Morgan fingerprint density at radius 2 is 2.31 bits per heavy atom. The molecular formula is C11H12N2O2S. The van der Waals surface area contributed by atoms with Crippen LogP contribution in [-0.2, 0) is 0 Å². The number of amides is 1. The average molecular weight is 236 g/mol. The monoisotopic (exact) mass is 236 g/mol. The number of carbonyl (C=O) groups is 1. The topological polar surface area (TPSA) is 75.4 Å². The highest BCUT2D eigenvalue weighted by molar-refractivity contribution is 7.17. The van der Waals surface area contributed by atoms with Gasteiger partial charge >= 0.3 is 0 Å². The lowest BCUT2D eigenvalue weighted by atomic mass is 10.1. The van der Waals surface area contributed by atoms with Crippen molar-refractivity contribution in [3.63, 3.8) is 0 Å². The van der Waals surface area contributed by atoms with Crippen LogP contribution >= 0.6 is 11.3 Å². The zero-order valence-electron chi connectivity index (χ0n) is 8.56. The van der Waals surface area contributed by atoms with Crippen molar-refractivity contribution in [2.75, 3.05) is 18.9 Å². The van der Waals surface area contributed by atoms with Crippen molar-refractivity contribution < 1.29 is 9.90 Å². The summed E-state index contributed by atoms with van der Waals surface area (Å²) < 4.78 is 0.995. The second-order valence-electron chi connectivity index (χ2n) is 3.35. The molecule has 0 saturated heterocycles. The van der Waals surface area contributed by atoms with E-state index in [9.17, 15) is 4.79 Å². The van der Waals surface area contributed by atoms with Gasteiger partial charge in [0.25, 0.3) is 5.91 Å². The standard InChI is InChI=1S/C11H12N2O2S/c12-8-2-1-3-9-10(8)7(6-16-9)11(15)13-4-5-14/h1-3,6,14H,4-5,12H2,(H,13,15). The Bertz CT molecular complexity index is 522. The smallest absolute Gasteiger partial charge is 0.252 e. The van der Waals surface area contributed by atoms with Gasteiger partial charge in [-0.1, -0.05) is 6.07 Å². The number of nitrogens with two attached hydrogens (primary N) is 1. The fourth-order valence-corrected chi connectivity index (χ4v) is 2.52. The second kappa shape index (κ2) is 4.51. The largest absolute Gasteiger partial charge is 0.398 e. The molecule has 0 unspecified atom stereocenters. The van der Waals surface area contributed by atoms with Crippen LogP contribution in [0.3, 0.4) is 0 Å². The third-order valence-electron chi connectivity index (χ3n) is 2.27. The highest BCUT2D eigenvalue weighted by atomic mass is 32.1. The molecule has 0 aliphatic heterocycles. The molecule has 0 radical (unpaired) electrons. The van der Waals surface area contributed by atoms with E-state index in [1.165, 1.54) is 11.3 Å². The van der Waals surface area contributed by atoms with Gasteiger partial charge in [-0.2, -0.15) is 0 Å². The van der Waals surface area contributed by atoms with Gasteiger partial charge in [-0.05, 0) is 12.1 Å². The first-order valence-corrected chi connectivity index (χ1v) is 5.76. The number of anilines is 1. The first kappa shape index (κ1) is 10.9. The molecule has 0 bridgehead atoms. The highest BCUT2D eigenvalue weighted by Gasteiger charge is 2.13. The summed E-state index contributed by atoms with van der Waals surface area (Å²) >= 11 is 1.49. The molecule has 0 spiro atoms. The molecule has 84 valence electrons. The summed E-state index contributed by atoms with van der Waals surface area (Å²) in [5.74, 6) is -0.196. The van der Waals surface area contributed by atoms with Gasteiger partial charge in [0.2, 0.25) is 0 Å². The summed E-state index contributed by atoms with van der Waals surface area (Å²) in [7, 11) is 0. The van der Waals surface area contributed by atoms with Crippen LogP contribution in [0.15, 0.2) is 23.6 Å². The fourth-order valence-electron chi connectivity index (χ4n) is 1.55. The predicted octanol–water partition coefficient (Wildman–Crippen LogP) is 1.21. The molecule has 1 aromatic carbocycles. The first-order valence-electron chi connectivity index (χ1n) is 4.89. The van der Waals surface area contributed by atoms with Gasteiger partial charge in [-0.25, -0.2) is 0 Å². The number of aliphatic hydroxyl groups excluding tert-OH is 1. The van der Waals surface area contributed by atoms with Gasteiger partial charge in [0.15, 0.2) is 0 Å². The van der Waals surface area contributed by atoms with E-state index in [4.69, 9.17) is 10.8 Å². The summed E-state index contributed by atoms with van der Waals surface area (Å²) in [6, 6.07) is 5.57. The number of aliphatic hydroxyl groups is 1. The number of nitrogen functional groups attached to an aromatic ring is 1. The molecule has 0 fully saturated rings. The second-order valence-corrected chi connectivity index (χ2v) is 4.26. The molecular weight excluding hydrogens is 224 g/mol. The molecule has 1 heterocycles. The SMILES string of the molecule is Nc1cccc2scc(C(=O)NCCO)c12. The minimum absolute atomic E-state index is 0.0662. The van der Waals surface area contributed by atoms with Crippen molar-refractivity contribution in [2.24, 2.45) is 0 Å². The molecule has 0 aliphatic carbocycles. The zero-order valence-corrected chi connectivity index (χ0v) is 9.38. The molecule has 2 aromatic rings. The molecule has 1 aromatic heterocycles. The maximum atomic E-state index is 11.8. The van der Waals surface area contributed by atoms with Crippen molar-refractivity contribution in [2.45, 2.75) is 0 Å². The van der Waals surface area contributed by atoms with E-state index in [1.54, 1.807) is 11.4 Å². The summed E-state index contributed by atoms with van der Waals surface area (Å²) in [5, 5.41) is 13.8. The maximum absolute atomic E-state index is 11.8. The molecule has 1 amide bonds. The van der Waals surface area contributed by atoms with E-state index in [0.717, 1.165) is 10.1 Å². The summed E-state index contributed by atoms with van der Waals surface area (Å²) in [5.41, 5.74) is 7.03. The van der Waals surface area contributed by atoms with Crippen LogP contribution in [0.5, 0.6) is 0 Å². The maximum Gasteiger partial charge on any atom is 0.252 e. The number of thiophene rings is 1. The number of rotatable bonds is 3. The summed E-state index contributed by atoms with van der Waals surface area (Å²) in [6.45, 7) is 0.187. The molecule has 0 aliphatic rings. The van der Waals surface area contributed by atoms with Gasteiger partial charge in [-0.15, -0.1) is 11.3 Å². The number of fused-ring (bicyclic) bond motifs is 1. The lowest BCUT2D eigenvalue weighted by molar-refractivity contribution is 0.0947. The van der Waals surface area contributed by atoms with Crippen LogP contribution < -0.4 is 11.1 Å². The minimum atomic E-state index is -0.196. The van der Waals surface area contributed by atoms with Crippen LogP contribution in [0.1, 0.15) is 10.4 Å². The predicted molar refractivity (Wildman–Crippen MR) is 65.7 cm³/mol. The molecule has 0 saturated carbocycles. The molecule has 2 rings (SSSR count). The van der Waals surface area contributed by atoms with Crippen LogP contribution in [0, 0.1) is 0 Å². The number of carbonyl (C=O) groups excluding carboxylic acids is 1. The van der Waals surface area contributed by atoms with E-state index in [0.29, 0.717) is 11.3 Å². The number of hydrogen-bond donors (Lipinski definition) is 3. The lowest BCUT2D eigenvalue weighted by Crippen LogP contribution is -2.26. The quantitative estimate of drug-likeness (QED) is 0.701. The van der Waals surface area contributed by atoms with Crippen LogP contribution in [0.4, 0.5) is 5.69 Å². The third kappa shape index (κ3) is 1.87. The molecule has 16 heavy (non-hydrogen) atoms. The summed E-state index contributed by atoms with van der Waals surface area (Å²) in [6.07, 6.45) is 0. The van der Waals surface area contributed by atoms with Crippen LogP contribution in [-0.4, -0.2) is 24.2 Å². The average Bonchev–Trinajstić information content (AvgIpc) is 2.71. The van der Waals surface area contributed by atoms with Gasteiger partial charge in [0.1, 0.15) is 0 Å². The molecule has 0 atom stereocenters. The van der Waals surface area contributed by atoms with Crippen LogP contribution in [0.25, 0.3) is 10.1 Å². The van der Waals surface area contributed by atoms with Crippen molar-refractivity contribution in [1.29, 1.82) is 0 Å². The van der Waals surface area contributed by atoms with Crippen LogP contribution in [0.2, 0.25) is 0 Å². The van der Waals surface area contributed by atoms with E-state index in [2.05, 4.69) is 5.32 Å². The Kier molecular flexibility index (Phi) is 3.07. The van der Waals surface area contributed by atoms with Gasteiger partial charge in [0, 0.05) is 27.7 Å². The van der Waals surface area contributed by atoms with Gasteiger partial charge in [-0.3, -0.25) is 4.79 Å². The third-order valence-corrected chi connectivity index (χ3v) is 3.22. The highest BCUT2D eigenvalue weighted by Crippen LogP contribution is 2.30. The Hall–Kier alpha value is -1.59. The van der Waals surface area contributed by atoms with Gasteiger partial charge < -0.3 is 16.2 Å². The van der Waals surface area contributed by atoms with E-state index >= 15 is 0 Å². The Morgan fingerprint density at radius 3 is 3.06 bits per heavy atom. The molecule has 5 heteroatoms.